The summed E-state index contributed by atoms with van der Waals surface area (Å²) in [4.78, 5) is 15.3. The van der Waals surface area contributed by atoms with Gasteiger partial charge in [-0.2, -0.15) is 8.75 Å². The van der Waals surface area contributed by atoms with Gasteiger partial charge in [-0.15, -0.1) is 11.3 Å². The van der Waals surface area contributed by atoms with Crippen LogP contribution < -0.4 is 4.90 Å². The molecule has 4 nitrogen and oxygen atoms in total. The van der Waals surface area contributed by atoms with Crippen LogP contribution in [0, 0.1) is 0 Å². The summed E-state index contributed by atoms with van der Waals surface area (Å²) >= 11 is 2.71. The molecule has 0 aliphatic carbocycles. The minimum absolute atomic E-state index is 0.186. The smallest absolute Gasteiger partial charge is 0.160 e. The third-order valence-corrected chi connectivity index (χ3v) is 9.05. The van der Waals surface area contributed by atoms with Crippen LogP contribution >= 0.6 is 23.1 Å². The molecule has 3 heterocycles. The summed E-state index contributed by atoms with van der Waals surface area (Å²) in [6.07, 6.45) is 0.894. The number of nitrogens with zero attached hydrogens (tertiary/aromatic N) is 3. The van der Waals surface area contributed by atoms with E-state index in [2.05, 4.69) is 108 Å². The van der Waals surface area contributed by atoms with Crippen LogP contribution in [0.4, 0.5) is 17.1 Å². The molecule has 6 heteroatoms. The lowest BCUT2D eigenvalue weighted by Crippen LogP contribution is -2.30. The quantitative estimate of drug-likeness (QED) is 0.214. The number of carbonyl (C=O) groups excluding carboxylic acids is 1. The number of rotatable bonds is 4. The molecule has 0 bridgehead atoms. The highest BCUT2D eigenvalue weighted by Gasteiger charge is 2.37. The summed E-state index contributed by atoms with van der Waals surface area (Å²) in [5, 5.41) is 0. The summed E-state index contributed by atoms with van der Waals surface area (Å²) in [5.74, 6) is 0. The molecule has 0 N–H and O–H groups in total. The Balaban J connectivity index is 1.41. The Morgan fingerprint density at radius 1 is 0.737 bits per heavy atom. The van der Waals surface area contributed by atoms with Crippen molar-refractivity contribution in [3.05, 3.63) is 113 Å². The Morgan fingerprint density at radius 3 is 2.24 bits per heavy atom. The second-order valence-corrected chi connectivity index (χ2v) is 11.6. The van der Waals surface area contributed by atoms with Crippen LogP contribution in [0.15, 0.2) is 97.1 Å². The summed E-state index contributed by atoms with van der Waals surface area (Å²) in [6, 6.07) is 34.1. The van der Waals surface area contributed by atoms with E-state index in [0.717, 1.165) is 44.6 Å². The Kier molecular flexibility index (Phi) is 5.28. The first-order valence-corrected chi connectivity index (χ1v) is 14.0. The third-order valence-electron chi connectivity index (χ3n) is 7.48. The van der Waals surface area contributed by atoms with Crippen molar-refractivity contribution in [2.45, 2.75) is 19.3 Å². The van der Waals surface area contributed by atoms with Gasteiger partial charge in [-0.3, -0.25) is 4.79 Å². The molecule has 38 heavy (non-hydrogen) atoms. The van der Waals surface area contributed by atoms with Gasteiger partial charge in [0.05, 0.1) is 28.0 Å². The summed E-state index contributed by atoms with van der Waals surface area (Å²) < 4.78 is 9.36. The highest BCUT2D eigenvalue weighted by molar-refractivity contribution is 7.17. The maximum Gasteiger partial charge on any atom is 0.160 e. The highest BCUT2D eigenvalue weighted by Crippen LogP contribution is 2.52. The van der Waals surface area contributed by atoms with E-state index in [9.17, 15) is 4.79 Å². The van der Waals surface area contributed by atoms with Gasteiger partial charge in [-0.1, -0.05) is 68.4 Å². The van der Waals surface area contributed by atoms with E-state index < -0.39 is 0 Å². The van der Waals surface area contributed by atoms with E-state index in [-0.39, 0.29) is 5.41 Å². The van der Waals surface area contributed by atoms with Gasteiger partial charge >= 0.3 is 0 Å². The first-order valence-electron chi connectivity index (χ1n) is 12.5. The Hall–Kier alpha value is -4.13. The molecule has 7 rings (SSSR count). The van der Waals surface area contributed by atoms with Gasteiger partial charge in [0, 0.05) is 27.1 Å². The number of carbonyl (C=O) groups is 1. The fraction of sp³-hybridized carbons (Fsp3) is 0.0938. The van der Waals surface area contributed by atoms with Crippen molar-refractivity contribution in [2.75, 3.05) is 4.90 Å². The van der Waals surface area contributed by atoms with Crippen LogP contribution in [-0.2, 0) is 5.41 Å². The molecule has 4 aromatic carbocycles. The standard InChI is InChI=1S/C32H23N3OS2/c1-32(2)25-10-6-7-11-27(25)35(21-8-4-3-5-9-21)28-16-12-20(18-26(28)32)23-14-15-24(31-30(23)33-38-34-31)29-17-13-22(19-36)37-29/h3-19H,1-2H3. The Morgan fingerprint density at radius 2 is 1.45 bits per heavy atom. The molecule has 2 aromatic heterocycles. The molecule has 0 atom stereocenters. The van der Waals surface area contributed by atoms with Gasteiger partial charge in [0.25, 0.3) is 0 Å². The Labute approximate surface area is 229 Å². The highest BCUT2D eigenvalue weighted by atomic mass is 32.1. The molecular weight excluding hydrogens is 507 g/mol. The maximum atomic E-state index is 11.2. The predicted octanol–water partition coefficient (Wildman–Crippen LogP) is 9.01. The lowest BCUT2D eigenvalue weighted by molar-refractivity contribution is 0.112. The Bertz CT molecular complexity index is 1830. The van der Waals surface area contributed by atoms with E-state index in [1.807, 2.05) is 12.1 Å². The van der Waals surface area contributed by atoms with Crippen LogP contribution in [0.2, 0.25) is 0 Å². The summed E-state index contributed by atoms with van der Waals surface area (Å²) in [6.45, 7) is 4.61. The molecule has 0 fully saturated rings. The number of fused-ring (bicyclic) bond motifs is 3. The van der Waals surface area contributed by atoms with Gasteiger partial charge < -0.3 is 4.90 Å². The molecule has 0 amide bonds. The van der Waals surface area contributed by atoms with Gasteiger partial charge in [0.1, 0.15) is 11.0 Å². The molecule has 1 aliphatic rings. The fourth-order valence-electron chi connectivity index (χ4n) is 5.59. The molecule has 184 valence electrons. The topological polar surface area (TPSA) is 46.1 Å². The number of benzene rings is 4. The zero-order valence-electron chi connectivity index (χ0n) is 20.9. The zero-order chi connectivity index (χ0) is 25.9. The molecule has 0 saturated heterocycles. The molecule has 6 aromatic rings. The van der Waals surface area contributed by atoms with E-state index in [0.29, 0.717) is 4.88 Å². The fourth-order valence-corrected chi connectivity index (χ4v) is 7.01. The van der Waals surface area contributed by atoms with E-state index in [1.165, 1.54) is 45.6 Å². The number of thiophene rings is 1. The number of para-hydroxylation sites is 2. The predicted molar refractivity (Wildman–Crippen MR) is 158 cm³/mol. The molecule has 0 spiro atoms. The lowest BCUT2D eigenvalue weighted by atomic mass is 9.73. The van der Waals surface area contributed by atoms with E-state index in [1.54, 1.807) is 0 Å². The molecule has 0 unspecified atom stereocenters. The van der Waals surface area contributed by atoms with Gasteiger partial charge in [-0.25, -0.2) is 0 Å². The van der Waals surface area contributed by atoms with Crippen molar-refractivity contribution in [3.8, 4) is 21.6 Å². The monoisotopic (exact) mass is 529 g/mol. The average Bonchev–Trinajstić information content (AvgIpc) is 3.64. The third kappa shape index (κ3) is 3.45. The maximum absolute atomic E-state index is 11.2. The van der Waals surface area contributed by atoms with E-state index >= 15 is 0 Å². The zero-order valence-corrected chi connectivity index (χ0v) is 22.5. The number of anilines is 3. The van der Waals surface area contributed by atoms with Gasteiger partial charge in [0.2, 0.25) is 0 Å². The normalized spacial score (nSPS) is 13.8. The summed E-state index contributed by atoms with van der Waals surface area (Å²) in [5.41, 5.74) is 10.9. The van der Waals surface area contributed by atoms with Crippen molar-refractivity contribution < 1.29 is 4.79 Å². The van der Waals surface area contributed by atoms with Crippen molar-refractivity contribution in [1.29, 1.82) is 0 Å². The average molecular weight is 530 g/mol. The largest absolute Gasteiger partial charge is 0.310 e. The van der Waals surface area contributed by atoms with Crippen LogP contribution in [0.1, 0.15) is 34.6 Å². The molecular formula is C32H23N3OS2. The lowest BCUT2D eigenvalue weighted by Gasteiger charge is -2.42. The van der Waals surface area contributed by atoms with E-state index in [4.69, 9.17) is 4.37 Å². The van der Waals surface area contributed by atoms with Crippen LogP contribution in [-0.4, -0.2) is 15.0 Å². The second-order valence-electron chi connectivity index (χ2n) is 9.99. The SMILES string of the molecule is CC1(C)c2ccccc2N(c2ccccc2)c2ccc(-c3ccc(-c4ccc(C=O)s4)c4nsnc34)cc21. The van der Waals surface area contributed by atoms with Crippen molar-refractivity contribution in [1.82, 2.24) is 8.75 Å². The number of hydrogen-bond acceptors (Lipinski definition) is 6. The number of hydrogen-bond donors (Lipinski definition) is 0. The van der Waals surface area contributed by atoms with Gasteiger partial charge in [-0.05, 0) is 59.2 Å². The number of aldehydes is 1. The minimum atomic E-state index is -0.186. The van der Waals surface area contributed by atoms with Crippen molar-refractivity contribution in [3.63, 3.8) is 0 Å². The minimum Gasteiger partial charge on any atom is -0.310 e. The molecule has 1 aliphatic heterocycles. The van der Waals surface area contributed by atoms with Crippen LogP contribution in [0.3, 0.4) is 0 Å². The van der Waals surface area contributed by atoms with Crippen LogP contribution in [0.5, 0.6) is 0 Å². The van der Waals surface area contributed by atoms with Crippen molar-refractivity contribution in [2.24, 2.45) is 0 Å². The second kappa shape index (κ2) is 8.72. The molecule has 0 radical (unpaired) electrons. The van der Waals surface area contributed by atoms with Gasteiger partial charge in [0.15, 0.2) is 6.29 Å². The van der Waals surface area contributed by atoms with Crippen molar-refractivity contribution >= 4 is 57.4 Å². The van der Waals surface area contributed by atoms with Crippen LogP contribution in [0.25, 0.3) is 32.6 Å². The first-order chi connectivity index (χ1) is 18.6. The summed E-state index contributed by atoms with van der Waals surface area (Å²) in [7, 11) is 0. The molecule has 0 saturated carbocycles. The number of aromatic nitrogens is 2. The first kappa shape index (κ1) is 23.0.